The third-order valence-electron chi connectivity index (χ3n) is 2.44. The quantitative estimate of drug-likeness (QED) is 0.844. The normalized spacial score (nSPS) is 11.1. The summed E-state index contributed by atoms with van der Waals surface area (Å²) in [5.41, 5.74) is 0.498. The fraction of sp³-hybridized carbons (Fsp3) is 0.400. The van der Waals surface area contributed by atoms with Crippen LogP contribution in [-0.4, -0.2) is 35.6 Å². The Kier molecular flexibility index (Phi) is 3.83. The summed E-state index contributed by atoms with van der Waals surface area (Å²) in [6.45, 7) is -2.61. The SMILES string of the molecule is O=C(O)CCc1cn(Cc2nccn2C(F)F)nn1. The molecule has 2 heterocycles. The number of aliphatic carboxylic acids is 1. The van der Waals surface area contributed by atoms with Gasteiger partial charge in [0.15, 0.2) is 0 Å². The molecule has 7 nitrogen and oxygen atoms in total. The Bertz CT molecular complexity index is 566. The second-order valence-electron chi connectivity index (χ2n) is 3.83. The molecular weight excluding hydrogens is 260 g/mol. The number of carboxylic acids is 1. The summed E-state index contributed by atoms with van der Waals surface area (Å²) in [4.78, 5) is 14.2. The van der Waals surface area contributed by atoms with E-state index in [0.717, 1.165) is 4.57 Å². The van der Waals surface area contributed by atoms with Gasteiger partial charge in [-0.2, -0.15) is 8.78 Å². The number of aryl methyl sites for hydroxylation is 1. The molecule has 0 aliphatic rings. The van der Waals surface area contributed by atoms with E-state index in [1.165, 1.54) is 23.3 Å². The van der Waals surface area contributed by atoms with E-state index in [4.69, 9.17) is 5.11 Å². The Morgan fingerprint density at radius 1 is 1.47 bits per heavy atom. The Morgan fingerprint density at radius 3 is 2.95 bits per heavy atom. The van der Waals surface area contributed by atoms with Gasteiger partial charge in [-0.1, -0.05) is 5.21 Å². The van der Waals surface area contributed by atoms with Crippen molar-refractivity contribution in [3.63, 3.8) is 0 Å². The fourth-order valence-corrected chi connectivity index (χ4v) is 1.55. The van der Waals surface area contributed by atoms with Gasteiger partial charge >= 0.3 is 12.5 Å². The van der Waals surface area contributed by atoms with E-state index in [2.05, 4.69) is 15.3 Å². The second kappa shape index (κ2) is 5.55. The van der Waals surface area contributed by atoms with Crippen LogP contribution in [0.3, 0.4) is 0 Å². The smallest absolute Gasteiger partial charge is 0.319 e. The van der Waals surface area contributed by atoms with Gasteiger partial charge in [-0.15, -0.1) is 5.10 Å². The summed E-state index contributed by atoms with van der Waals surface area (Å²) in [6.07, 6.45) is 4.18. The average Bonchev–Trinajstić information content (AvgIpc) is 2.96. The van der Waals surface area contributed by atoms with Crippen molar-refractivity contribution in [1.29, 1.82) is 0 Å². The molecule has 0 spiro atoms. The zero-order valence-corrected chi connectivity index (χ0v) is 9.78. The van der Waals surface area contributed by atoms with Gasteiger partial charge in [-0.25, -0.2) is 9.67 Å². The number of halogens is 2. The summed E-state index contributed by atoms with van der Waals surface area (Å²) in [5.74, 6) is -0.771. The molecular formula is C10H11F2N5O2. The van der Waals surface area contributed by atoms with Gasteiger partial charge in [0.05, 0.1) is 12.1 Å². The Balaban J connectivity index is 2.03. The first-order chi connectivity index (χ1) is 9.06. The summed E-state index contributed by atoms with van der Waals surface area (Å²) >= 11 is 0. The molecule has 0 aromatic carbocycles. The first kappa shape index (κ1) is 13.1. The van der Waals surface area contributed by atoms with Crippen LogP contribution in [0.25, 0.3) is 0 Å². The molecule has 2 rings (SSSR count). The monoisotopic (exact) mass is 271 g/mol. The molecule has 0 atom stereocenters. The van der Waals surface area contributed by atoms with Gasteiger partial charge in [0.1, 0.15) is 12.4 Å². The maximum atomic E-state index is 12.6. The number of rotatable bonds is 6. The van der Waals surface area contributed by atoms with Crippen LogP contribution in [0.5, 0.6) is 0 Å². The number of aromatic nitrogens is 5. The van der Waals surface area contributed by atoms with Crippen LogP contribution in [0.4, 0.5) is 8.78 Å². The van der Waals surface area contributed by atoms with Crippen molar-refractivity contribution in [1.82, 2.24) is 24.5 Å². The Labute approximate surface area is 106 Å². The van der Waals surface area contributed by atoms with Crippen LogP contribution in [0, 0.1) is 0 Å². The third kappa shape index (κ3) is 3.33. The topological polar surface area (TPSA) is 85.8 Å². The van der Waals surface area contributed by atoms with Gasteiger partial charge in [0.2, 0.25) is 0 Å². The minimum atomic E-state index is -2.66. The van der Waals surface area contributed by atoms with Crippen molar-refractivity contribution < 1.29 is 18.7 Å². The summed E-state index contributed by atoms with van der Waals surface area (Å²) in [5, 5.41) is 16.0. The Morgan fingerprint density at radius 2 is 2.26 bits per heavy atom. The molecule has 1 N–H and O–H groups in total. The van der Waals surface area contributed by atoms with Crippen molar-refractivity contribution in [3.05, 3.63) is 30.1 Å². The van der Waals surface area contributed by atoms with Crippen molar-refractivity contribution in [2.45, 2.75) is 25.9 Å². The maximum absolute atomic E-state index is 12.6. The number of hydrogen-bond donors (Lipinski definition) is 1. The molecule has 0 amide bonds. The number of nitrogens with zero attached hydrogens (tertiary/aromatic N) is 5. The highest BCUT2D eigenvalue weighted by Gasteiger charge is 2.12. The lowest BCUT2D eigenvalue weighted by Crippen LogP contribution is -2.09. The van der Waals surface area contributed by atoms with Gasteiger partial charge in [0.25, 0.3) is 0 Å². The lowest BCUT2D eigenvalue weighted by Gasteiger charge is -2.05. The number of hydrogen-bond acceptors (Lipinski definition) is 4. The largest absolute Gasteiger partial charge is 0.481 e. The summed E-state index contributed by atoms with van der Waals surface area (Å²) < 4.78 is 27.3. The van der Waals surface area contributed by atoms with Gasteiger partial charge in [0, 0.05) is 25.0 Å². The van der Waals surface area contributed by atoms with Crippen molar-refractivity contribution in [3.8, 4) is 0 Å². The minimum Gasteiger partial charge on any atom is -0.481 e. The zero-order chi connectivity index (χ0) is 13.8. The molecule has 0 aliphatic carbocycles. The van der Waals surface area contributed by atoms with Gasteiger partial charge < -0.3 is 5.11 Å². The summed E-state index contributed by atoms with van der Waals surface area (Å²) in [7, 11) is 0. The second-order valence-corrected chi connectivity index (χ2v) is 3.83. The van der Waals surface area contributed by atoms with Crippen LogP contribution in [-0.2, 0) is 17.8 Å². The number of alkyl halides is 2. The van der Waals surface area contributed by atoms with E-state index < -0.39 is 12.5 Å². The highest BCUT2D eigenvalue weighted by molar-refractivity contribution is 5.66. The standard InChI is InChI=1S/C10H11F2N5O2/c11-10(12)17-4-3-13-8(17)6-16-5-7(14-15-16)1-2-9(18)19/h3-5,10H,1-2,6H2,(H,18,19). The maximum Gasteiger partial charge on any atom is 0.319 e. The predicted octanol–water partition coefficient (Wildman–Crippen LogP) is 0.935. The van der Waals surface area contributed by atoms with E-state index in [-0.39, 0.29) is 25.2 Å². The van der Waals surface area contributed by atoms with Crippen LogP contribution in [0.1, 0.15) is 24.5 Å². The molecule has 19 heavy (non-hydrogen) atoms. The third-order valence-corrected chi connectivity index (χ3v) is 2.44. The average molecular weight is 271 g/mol. The molecule has 0 radical (unpaired) electrons. The van der Waals surface area contributed by atoms with Crippen molar-refractivity contribution in [2.75, 3.05) is 0 Å². The predicted molar refractivity (Wildman–Crippen MR) is 58.6 cm³/mol. The van der Waals surface area contributed by atoms with Gasteiger partial charge in [-0.3, -0.25) is 9.36 Å². The first-order valence-electron chi connectivity index (χ1n) is 5.47. The van der Waals surface area contributed by atoms with E-state index in [1.54, 1.807) is 0 Å². The van der Waals surface area contributed by atoms with Gasteiger partial charge in [-0.05, 0) is 0 Å². The molecule has 0 bridgehead atoms. The Hall–Kier alpha value is -2.32. The zero-order valence-electron chi connectivity index (χ0n) is 9.78. The minimum absolute atomic E-state index is 0.0512. The number of carbonyl (C=O) groups is 1. The van der Waals surface area contributed by atoms with E-state index >= 15 is 0 Å². The molecule has 9 heteroatoms. The highest BCUT2D eigenvalue weighted by atomic mass is 19.3. The number of carboxylic acid groups (broad SMARTS) is 1. The first-order valence-corrected chi connectivity index (χ1v) is 5.47. The van der Waals surface area contributed by atoms with E-state index in [0.29, 0.717) is 5.69 Å². The van der Waals surface area contributed by atoms with Crippen LogP contribution < -0.4 is 0 Å². The highest BCUT2D eigenvalue weighted by Crippen LogP contribution is 2.13. The van der Waals surface area contributed by atoms with Crippen LogP contribution in [0.15, 0.2) is 18.6 Å². The fourth-order valence-electron chi connectivity index (χ4n) is 1.55. The van der Waals surface area contributed by atoms with Crippen molar-refractivity contribution >= 4 is 5.97 Å². The molecule has 0 saturated heterocycles. The van der Waals surface area contributed by atoms with Crippen LogP contribution >= 0.6 is 0 Å². The van der Waals surface area contributed by atoms with E-state index in [1.807, 2.05) is 0 Å². The molecule has 2 aromatic heterocycles. The molecule has 0 saturated carbocycles. The van der Waals surface area contributed by atoms with Crippen LogP contribution in [0.2, 0.25) is 0 Å². The lowest BCUT2D eigenvalue weighted by molar-refractivity contribution is -0.136. The lowest BCUT2D eigenvalue weighted by atomic mass is 10.2. The molecule has 0 aliphatic heterocycles. The molecule has 0 fully saturated rings. The number of imidazole rings is 1. The molecule has 2 aromatic rings. The summed E-state index contributed by atoms with van der Waals surface area (Å²) in [6, 6.07) is 0. The van der Waals surface area contributed by atoms with E-state index in [9.17, 15) is 13.6 Å². The molecule has 0 unspecified atom stereocenters. The van der Waals surface area contributed by atoms with Crippen molar-refractivity contribution in [2.24, 2.45) is 0 Å². The molecule has 102 valence electrons.